The molecule has 0 unspecified atom stereocenters. The second kappa shape index (κ2) is 5.24. The van der Waals surface area contributed by atoms with E-state index in [0.717, 1.165) is 4.57 Å². The number of rotatable bonds is 3. The minimum atomic E-state index is -0.887. The predicted molar refractivity (Wildman–Crippen MR) is 63.3 cm³/mol. The second-order valence-corrected chi connectivity index (χ2v) is 4.01. The van der Waals surface area contributed by atoms with Crippen LogP contribution in [0.1, 0.15) is 12.6 Å². The molecule has 1 aromatic heterocycles. The first-order chi connectivity index (χ1) is 9.06. The van der Waals surface area contributed by atoms with Gasteiger partial charge >= 0.3 is 5.69 Å². The Kier molecular flexibility index (Phi) is 3.67. The third kappa shape index (κ3) is 2.51. The van der Waals surface area contributed by atoms with Gasteiger partial charge in [-0.25, -0.2) is 4.79 Å². The van der Waals surface area contributed by atoms with Crippen LogP contribution in [0.4, 0.5) is 11.5 Å². The lowest BCUT2D eigenvalue weighted by Gasteiger charge is -2.15. The van der Waals surface area contributed by atoms with Gasteiger partial charge in [0.1, 0.15) is 18.1 Å². The van der Waals surface area contributed by atoms with Gasteiger partial charge < -0.3 is 20.7 Å². The Morgan fingerprint density at radius 2 is 2.47 bits per heavy atom. The van der Waals surface area contributed by atoms with E-state index in [2.05, 4.69) is 15.0 Å². The van der Waals surface area contributed by atoms with Gasteiger partial charge in [0.2, 0.25) is 0 Å². The van der Waals surface area contributed by atoms with Crippen LogP contribution >= 0.6 is 0 Å². The minimum absolute atomic E-state index is 0.00682. The monoisotopic (exact) mass is 268 g/mol. The maximum atomic E-state index is 11.7. The highest BCUT2D eigenvalue weighted by Gasteiger charge is 2.35. The van der Waals surface area contributed by atoms with Gasteiger partial charge in [-0.05, 0) is 5.53 Å². The first kappa shape index (κ1) is 13.3. The molecule has 19 heavy (non-hydrogen) atoms. The van der Waals surface area contributed by atoms with Crippen molar-refractivity contribution in [3.05, 3.63) is 27.1 Å². The summed E-state index contributed by atoms with van der Waals surface area (Å²) in [6.45, 7) is -0.363. The van der Waals surface area contributed by atoms with Crippen molar-refractivity contribution in [3.8, 4) is 0 Å². The van der Waals surface area contributed by atoms with E-state index in [-0.39, 0.29) is 24.5 Å². The summed E-state index contributed by atoms with van der Waals surface area (Å²) in [6, 6.07) is 0. The Morgan fingerprint density at radius 3 is 3.05 bits per heavy atom. The maximum absolute atomic E-state index is 11.7. The van der Waals surface area contributed by atoms with Gasteiger partial charge in [0.15, 0.2) is 0 Å². The molecule has 0 spiro atoms. The molecular formula is C9H12N6O4. The zero-order valence-corrected chi connectivity index (χ0v) is 9.75. The third-order valence-corrected chi connectivity index (χ3v) is 2.81. The molecule has 1 aliphatic heterocycles. The standard InChI is InChI=1S/C9H12N6O4/c10-8-4(13-14-11)2-15(9(18)12-8)7-1-5(17)6(3-16)19-7/h2,5-7,16-17H,1,3H2,(H2,10,12,18)/t5-,6+,7+/m0/s1. The van der Waals surface area contributed by atoms with Gasteiger partial charge in [0, 0.05) is 17.5 Å². The van der Waals surface area contributed by atoms with Crippen molar-refractivity contribution < 1.29 is 14.9 Å². The molecule has 0 aliphatic carbocycles. The summed E-state index contributed by atoms with van der Waals surface area (Å²) >= 11 is 0. The van der Waals surface area contributed by atoms with Crippen molar-refractivity contribution in [2.75, 3.05) is 12.3 Å². The van der Waals surface area contributed by atoms with E-state index in [4.69, 9.17) is 21.1 Å². The number of hydrogen-bond acceptors (Lipinski definition) is 7. The van der Waals surface area contributed by atoms with Crippen LogP contribution in [0.15, 0.2) is 16.1 Å². The van der Waals surface area contributed by atoms with Crippen LogP contribution in [0, 0.1) is 0 Å². The summed E-state index contributed by atoms with van der Waals surface area (Å²) in [5.41, 5.74) is 13.1. The van der Waals surface area contributed by atoms with Crippen molar-refractivity contribution in [2.45, 2.75) is 24.9 Å². The quantitative estimate of drug-likeness (QED) is 0.377. The third-order valence-electron chi connectivity index (χ3n) is 2.81. The molecule has 0 aromatic carbocycles. The number of aliphatic hydroxyl groups is 2. The zero-order chi connectivity index (χ0) is 14.0. The number of aromatic nitrogens is 2. The largest absolute Gasteiger partial charge is 0.394 e. The van der Waals surface area contributed by atoms with E-state index >= 15 is 0 Å². The lowest BCUT2D eigenvalue weighted by molar-refractivity contribution is -0.0458. The van der Waals surface area contributed by atoms with E-state index in [1.807, 2.05) is 0 Å². The van der Waals surface area contributed by atoms with Gasteiger partial charge in [0.05, 0.1) is 18.4 Å². The van der Waals surface area contributed by atoms with Crippen LogP contribution in [0.3, 0.4) is 0 Å². The molecular weight excluding hydrogens is 256 g/mol. The van der Waals surface area contributed by atoms with Crippen LogP contribution in [-0.4, -0.2) is 38.6 Å². The Labute approximate surface area is 106 Å². The van der Waals surface area contributed by atoms with Crippen molar-refractivity contribution >= 4 is 11.5 Å². The smallest absolute Gasteiger partial charge is 0.351 e. The van der Waals surface area contributed by atoms with Crippen LogP contribution in [0.5, 0.6) is 0 Å². The van der Waals surface area contributed by atoms with E-state index in [0.29, 0.717) is 0 Å². The van der Waals surface area contributed by atoms with E-state index in [1.54, 1.807) is 0 Å². The molecule has 0 bridgehead atoms. The average Bonchev–Trinajstić information content (AvgIpc) is 2.74. The van der Waals surface area contributed by atoms with Crippen molar-refractivity contribution in [3.63, 3.8) is 0 Å². The van der Waals surface area contributed by atoms with Crippen LogP contribution in [0.2, 0.25) is 0 Å². The summed E-state index contributed by atoms with van der Waals surface area (Å²) in [5.74, 6) is -0.184. The SMILES string of the molecule is [N-]=[N+]=Nc1cn([C@H]2C[C@H](O)[C@@H](CO)O2)c(=O)nc1N. The molecule has 0 amide bonds. The van der Waals surface area contributed by atoms with Crippen LogP contribution in [0.25, 0.3) is 10.4 Å². The molecule has 1 aromatic rings. The van der Waals surface area contributed by atoms with Gasteiger partial charge in [-0.3, -0.25) is 4.57 Å². The fourth-order valence-corrected chi connectivity index (χ4v) is 1.85. The molecule has 10 heteroatoms. The highest BCUT2D eigenvalue weighted by atomic mass is 16.5. The summed E-state index contributed by atoms with van der Waals surface area (Å²) in [6.07, 6.45) is -1.12. The number of anilines is 1. The first-order valence-electron chi connectivity index (χ1n) is 5.45. The number of nitrogens with zero attached hydrogens (tertiary/aromatic N) is 5. The lowest BCUT2D eigenvalue weighted by atomic mass is 10.2. The topological polar surface area (TPSA) is 159 Å². The van der Waals surface area contributed by atoms with Crippen molar-refractivity contribution in [1.82, 2.24) is 9.55 Å². The molecule has 1 aliphatic rings. The Bertz CT molecular complexity index is 581. The van der Waals surface area contributed by atoms with Crippen LogP contribution < -0.4 is 11.4 Å². The number of nitrogen functional groups attached to an aromatic ring is 1. The average molecular weight is 268 g/mol. The zero-order valence-electron chi connectivity index (χ0n) is 9.75. The summed E-state index contributed by atoms with van der Waals surface area (Å²) in [4.78, 5) is 17.8. The molecule has 2 rings (SSSR count). The first-order valence-corrected chi connectivity index (χ1v) is 5.45. The van der Waals surface area contributed by atoms with Crippen molar-refractivity contribution in [1.29, 1.82) is 0 Å². The molecule has 10 nitrogen and oxygen atoms in total. The fraction of sp³-hybridized carbons (Fsp3) is 0.556. The number of hydrogen-bond donors (Lipinski definition) is 3. The summed E-state index contributed by atoms with van der Waals surface area (Å²) < 4.78 is 6.38. The summed E-state index contributed by atoms with van der Waals surface area (Å²) in [7, 11) is 0. The van der Waals surface area contributed by atoms with Gasteiger partial charge in [-0.1, -0.05) is 5.11 Å². The second-order valence-electron chi connectivity index (χ2n) is 4.01. The molecule has 3 atom stereocenters. The van der Waals surface area contributed by atoms with Crippen LogP contribution in [-0.2, 0) is 4.74 Å². The molecule has 4 N–H and O–H groups in total. The molecule has 1 fully saturated rings. The summed E-state index contributed by atoms with van der Waals surface area (Å²) in [5, 5.41) is 21.9. The Hall–Kier alpha value is -2.13. The van der Waals surface area contributed by atoms with E-state index in [1.165, 1.54) is 6.20 Å². The number of azide groups is 1. The minimum Gasteiger partial charge on any atom is -0.394 e. The fourth-order valence-electron chi connectivity index (χ4n) is 1.85. The highest BCUT2D eigenvalue weighted by Crippen LogP contribution is 2.29. The molecule has 1 saturated heterocycles. The molecule has 2 heterocycles. The Balaban J connectivity index is 2.38. The number of ether oxygens (including phenoxy) is 1. The van der Waals surface area contributed by atoms with Gasteiger partial charge in [-0.2, -0.15) is 4.98 Å². The van der Waals surface area contributed by atoms with Gasteiger partial charge in [-0.15, -0.1) is 0 Å². The van der Waals surface area contributed by atoms with Crippen molar-refractivity contribution in [2.24, 2.45) is 5.11 Å². The highest BCUT2D eigenvalue weighted by molar-refractivity contribution is 5.54. The normalized spacial score (nSPS) is 26.1. The number of nitrogens with two attached hydrogens (primary N) is 1. The van der Waals surface area contributed by atoms with E-state index < -0.39 is 24.1 Å². The van der Waals surface area contributed by atoms with Gasteiger partial charge in [0.25, 0.3) is 0 Å². The molecule has 102 valence electrons. The molecule has 0 radical (unpaired) electrons. The maximum Gasteiger partial charge on any atom is 0.351 e. The predicted octanol–water partition coefficient (Wildman–Crippen LogP) is -0.592. The van der Waals surface area contributed by atoms with E-state index in [9.17, 15) is 9.90 Å². The Morgan fingerprint density at radius 1 is 1.74 bits per heavy atom. The molecule has 0 saturated carbocycles. The lowest BCUT2D eigenvalue weighted by Crippen LogP contribution is -2.28. The number of aliphatic hydroxyl groups excluding tert-OH is 2.